The molecule has 0 heterocycles. The predicted octanol–water partition coefficient (Wildman–Crippen LogP) is 0.629. The zero-order chi connectivity index (χ0) is 10.3. The van der Waals surface area contributed by atoms with E-state index in [2.05, 4.69) is 0 Å². The number of rotatable bonds is 2. The van der Waals surface area contributed by atoms with Gasteiger partial charge in [0.1, 0.15) is 0 Å². The highest BCUT2D eigenvalue weighted by atomic mass is 35.5. The van der Waals surface area contributed by atoms with Crippen molar-refractivity contribution < 1.29 is 15.3 Å². The molecule has 5 N–H and O–H groups in total. The van der Waals surface area contributed by atoms with E-state index in [0.29, 0.717) is 13.0 Å². The summed E-state index contributed by atoms with van der Waals surface area (Å²) < 4.78 is 0. The molecule has 1 rings (SSSR count). The van der Waals surface area contributed by atoms with Crippen LogP contribution in [0.3, 0.4) is 0 Å². The molecule has 0 atom stereocenters. The van der Waals surface area contributed by atoms with Crippen molar-refractivity contribution in [2.24, 2.45) is 5.73 Å². The van der Waals surface area contributed by atoms with Gasteiger partial charge in [-0.25, -0.2) is 0 Å². The molecule has 0 saturated carbocycles. The van der Waals surface area contributed by atoms with Crippen LogP contribution in [0.5, 0.6) is 11.5 Å². The highest BCUT2D eigenvalue weighted by Crippen LogP contribution is 2.24. The minimum atomic E-state index is -0.0919. The normalized spacial score (nSPS) is 8.21. The van der Waals surface area contributed by atoms with Gasteiger partial charge in [0.2, 0.25) is 0 Å². The van der Waals surface area contributed by atoms with Gasteiger partial charge in [0.15, 0.2) is 11.5 Å². The standard InChI is InChI=1S/C8H11NO2.CH4O.ClH/c9-4-3-6-1-2-7(10)8(11)5-6;1-2;/h1-2,5,10-11H,3-4,9H2;2H,1H3;1H. The quantitative estimate of drug-likeness (QED) is 0.552. The maximum atomic E-state index is 9.04. The third kappa shape index (κ3) is 4.91. The number of aromatic hydroxyl groups is 2. The molecule has 0 bridgehead atoms. The van der Waals surface area contributed by atoms with E-state index in [1.807, 2.05) is 0 Å². The minimum Gasteiger partial charge on any atom is -0.504 e. The zero-order valence-corrected chi connectivity index (χ0v) is 8.79. The molecule has 0 aliphatic heterocycles. The van der Waals surface area contributed by atoms with Crippen molar-refractivity contribution in [2.45, 2.75) is 6.42 Å². The van der Waals surface area contributed by atoms with E-state index in [-0.39, 0.29) is 23.9 Å². The van der Waals surface area contributed by atoms with Crippen molar-refractivity contribution in [1.82, 2.24) is 0 Å². The lowest BCUT2D eigenvalue weighted by atomic mass is 10.1. The molecule has 1 aromatic carbocycles. The predicted molar refractivity (Wildman–Crippen MR) is 57.9 cm³/mol. The van der Waals surface area contributed by atoms with Gasteiger partial charge in [-0.1, -0.05) is 6.07 Å². The largest absolute Gasteiger partial charge is 0.504 e. The Bertz CT molecular complexity index is 256. The fourth-order valence-corrected chi connectivity index (χ4v) is 0.891. The average Bonchev–Trinajstić information content (AvgIpc) is 2.15. The second kappa shape index (κ2) is 8.62. The van der Waals surface area contributed by atoms with Crippen LogP contribution in [0.25, 0.3) is 0 Å². The number of hydrogen-bond acceptors (Lipinski definition) is 4. The molecule has 0 spiro atoms. The lowest BCUT2D eigenvalue weighted by molar-refractivity contribution is 0.399. The Morgan fingerprint density at radius 1 is 1.14 bits per heavy atom. The molecule has 0 aliphatic rings. The first-order valence-electron chi connectivity index (χ1n) is 3.89. The van der Waals surface area contributed by atoms with Gasteiger partial charge in [-0.3, -0.25) is 0 Å². The molecule has 4 nitrogen and oxygen atoms in total. The highest BCUT2D eigenvalue weighted by molar-refractivity contribution is 5.85. The van der Waals surface area contributed by atoms with Gasteiger partial charge in [0.25, 0.3) is 0 Å². The number of halogens is 1. The molecule has 0 radical (unpaired) electrons. The van der Waals surface area contributed by atoms with Crippen molar-refractivity contribution in [3.05, 3.63) is 23.8 Å². The highest BCUT2D eigenvalue weighted by Gasteiger charge is 1.98. The summed E-state index contributed by atoms with van der Waals surface area (Å²) in [7, 11) is 1.00. The molecule has 0 fully saturated rings. The Morgan fingerprint density at radius 3 is 2.14 bits per heavy atom. The van der Waals surface area contributed by atoms with Crippen LogP contribution in [0, 0.1) is 0 Å². The molecule has 82 valence electrons. The van der Waals surface area contributed by atoms with Crippen molar-refractivity contribution in [3.63, 3.8) is 0 Å². The molecular weight excluding hydrogens is 206 g/mol. The van der Waals surface area contributed by atoms with E-state index in [9.17, 15) is 0 Å². The number of aliphatic hydroxyl groups excluding tert-OH is 1. The van der Waals surface area contributed by atoms with Crippen LogP contribution in [0.1, 0.15) is 5.56 Å². The van der Waals surface area contributed by atoms with Crippen LogP contribution in [0.15, 0.2) is 18.2 Å². The van der Waals surface area contributed by atoms with Gasteiger partial charge in [-0.15, -0.1) is 12.4 Å². The number of nitrogens with two attached hydrogens (primary N) is 1. The Labute approximate surface area is 89.4 Å². The summed E-state index contributed by atoms with van der Waals surface area (Å²) in [5, 5.41) is 25.0. The molecule has 0 saturated heterocycles. The van der Waals surface area contributed by atoms with Crippen LogP contribution in [0.2, 0.25) is 0 Å². The maximum absolute atomic E-state index is 9.04. The van der Waals surface area contributed by atoms with Gasteiger partial charge in [-0.05, 0) is 30.7 Å². The minimum absolute atomic E-state index is 0. The van der Waals surface area contributed by atoms with Crippen molar-refractivity contribution >= 4 is 12.4 Å². The molecule has 14 heavy (non-hydrogen) atoms. The fraction of sp³-hybridized carbons (Fsp3) is 0.333. The first-order chi connectivity index (χ1) is 6.24. The maximum Gasteiger partial charge on any atom is 0.157 e. The fourth-order valence-electron chi connectivity index (χ4n) is 0.891. The van der Waals surface area contributed by atoms with Crippen LogP contribution in [0.4, 0.5) is 0 Å². The van der Waals surface area contributed by atoms with Crippen LogP contribution < -0.4 is 5.73 Å². The Morgan fingerprint density at radius 2 is 1.71 bits per heavy atom. The third-order valence-electron chi connectivity index (χ3n) is 1.47. The zero-order valence-electron chi connectivity index (χ0n) is 7.97. The summed E-state index contributed by atoms with van der Waals surface area (Å²) >= 11 is 0. The molecule has 0 unspecified atom stereocenters. The SMILES string of the molecule is CO.Cl.NCCc1ccc(O)c(O)c1. The monoisotopic (exact) mass is 221 g/mol. The van der Waals surface area contributed by atoms with Gasteiger partial charge >= 0.3 is 0 Å². The smallest absolute Gasteiger partial charge is 0.157 e. The van der Waals surface area contributed by atoms with E-state index in [0.717, 1.165) is 12.7 Å². The molecule has 0 amide bonds. The van der Waals surface area contributed by atoms with Crippen LogP contribution in [-0.4, -0.2) is 29.0 Å². The van der Waals surface area contributed by atoms with Crippen molar-refractivity contribution in [3.8, 4) is 11.5 Å². The number of aliphatic hydroxyl groups is 1. The Balaban J connectivity index is 0. The first-order valence-corrected chi connectivity index (χ1v) is 3.89. The number of hydrogen-bond donors (Lipinski definition) is 4. The summed E-state index contributed by atoms with van der Waals surface area (Å²) in [6.07, 6.45) is 0.716. The topological polar surface area (TPSA) is 86.7 Å². The number of phenolic OH excluding ortho intramolecular Hbond substituents is 2. The van der Waals surface area contributed by atoms with Gasteiger partial charge in [-0.2, -0.15) is 0 Å². The summed E-state index contributed by atoms with van der Waals surface area (Å²) in [5.74, 6) is -0.179. The van der Waals surface area contributed by atoms with Crippen molar-refractivity contribution in [2.75, 3.05) is 13.7 Å². The van der Waals surface area contributed by atoms with E-state index < -0.39 is 0 Å². The number of benzene rings is 1. The summed E-state index contributed by atoms with van der Waals surface area (Å²) in [5.41, 5.74) is 6.24. The van der Waals surface area contributed by atoms with E-state index in [4.69, 9.17) is 21.1 Å². The first kappa shape index (κ1) is 15.5. The van der Waals surface area contributed by atoms with E-state index >= 15 is 0 Å². The van der Waals surface area contributed by atoms with E-state index in [1.165, 1.54) is 12.1 Å². The number of phenols is 2. The van der Waals surface area contributed by atoms with Crippen LogP contribution in [-0.2, 0) is 6.42 Å². The molecule has 0 aromatic heterocycles. The average molecular weight is 222 g/mol. The van der Waals surface area contributed by atoms with Gasteiger partial charge < -0.3 is 21.1 Å². The molecule has 5 heteroatoms. The summed E-state index contributed by atoms with van der Waals surface area (Å²) in [6.45, 7) is 0.546. The van der Waals surface area contributed by atoms with Gasteiger partial charge in [0, 0.05) is 7.11 Å². The molecule has 0 aliphatic carbocycles. The third-order valence-corrected chi connectivity index (χ3v) is 1.47. The lowest BCUT2D eigenvalue weighted by Crippen LogP contribution is -2.02. The van der Waals surface area contributed by atoms with E-state index in [1.54, 1.807) is 6.07 Å². The molecular formula is C9H16ClNO3. The molecule has 1 aromatic rings. The lowest BCUT2D eigenvalue weighted by Gasteiger charge is -2.00. The summed E-state index contributed by atoms with van der Waals surface area (Å²) in [6, 6.07) is 4.71. The second-order valence-corrected chi connectivity index (χ2v) is 2.36. The van der Waals surface area contributed by atoms with Crippen LogP contribution >= 0.6 is 12.4 Å². The second-order valence-electron chi connectivity index (χ2n) is 2.36. The Kier molecular flexibility index (Phi) is 9.54. The van der Waals surface area contributed by atoms with Crippen molar-refractivity contribution in [1.29, 1.82) is 0 Å². The Hall–Kier alpha value is -0.970. The van der Waals surface area contributed by atoms with Gasteiger partial charge in [0.05, 0.1) is 0 Å². The summed E-state index contributed by atoms with van der Waals surface area (Å²) in [4.78, 5) is 0.